The average molecular weight is 816 g/mol. The number of hydrogen-bond acceptors (Lipinski definition) is 9. The minimum absolute atomic E-state index is 0.152. The summed E-state index contributed by atoms with van der Waals surface area (Å²) in [4.78, 5) is 45.9. The van der Waals surface area contributed by atoms with E-state index in [9.17, 15) is 23.8 Å². The molecule has 0 aliphatic rings. The summed E-state index contributed by atoms with van der Waals surface area (Å²) in [5.41, 5.74) is 5.33. The Bertz CT molecular complexity index is 1050. The molecule has 0 bridgehead atoms. The summed E-state index contributed by atoms with van der Waals surface area (Å²) in [6.07, 6.45) is 41.1. The van der Waals surface area contributed by atoms with Crippen molar-refractivity contribution in [3.8, 4) is 0 Å². The topological polar surface area (TPSA) is 172 Å². The van der Waals surface area contributed by atoms with Gasteiger partial charge in [-0.2, -0.15) is 0 Å². The first-order valence-electron chi connectivity index (χ1n) is 22.4. The zero-order valence-corrected chi connectivity index (χ0v) is 36.4. The second-order valence-corrected chi connectivity index (χ2v) is 16.6. The Labute approximate surface area is 340 Å². The number of hydrogen-bond donors (Lipinski definition) is 3. The van der Waals surface area contributed by atoms with Crippen molar-refractivity contribution in [3.05, 3.63) is 24.3 Å². The Kier molecular flexibility index (Phi) is 38.3. The van der Waals surface area contributed by atoms with Crippen LogP contribution in [0.1, 0.15) is 206 Å². The molecule has 56 heavy (non-hydrogen) atoms. The molecular formula is C44H82NO10P. The fraction of sp³-hybridized carbons (Fsp3) is 0.841. The molecule has 11 nitrogen and oxygen atoms in total. The maximum atomic E-state index is 12.6. The maximum Gasteiger partial charge on any atom is 0.472 e. The highest BCUT2D eigenvalue weighted by molar-refractivity contribution is 7.47. The molecule has 12 heteroatoms. The number of nitrogens with two attached hydrogens (primary N) is 1. The van der Waals surface area contributed by atoms with Crippen LogP contribution in [0.4, 0.5) is 0 Å². The number of ether oxygens (including phenoxy) is 2. The Hall–Kier alpha value is -2.04. The predicted octanol–water partition coefficient (Wildman–Crippen LogP) is 11.8. The second kappa shape index (κ2) is 39.8. The highest BCUT2D eigenvalue weighted by Gasteiger charge is 2.28. The summed E-state index contributed by atoms with van der Waals surface area (Å²) >= 11 is 0. The number of esters is 2. The van der Waals surface area contributed by atoms with E-state index in [1.165, 1.54) is 109 Å². The first kappa shape index (κ1) is 54.0. The van der Waals surface area contributed by atoms with Crippen LogP contribution in [0, 0.1) is 0 Å². The molecule has 0 aliphatic carbocycles. The van der Waals surface area contributed by atoms with Gasteiger partial charge in [0.15, 0.2) is 6.10 Å². The molecule has 0 fully saturated rings. The minimum atomic E-state index is -4.71. The van der Waals surface area contributed by atoms with Crippen molar-refractivity contribution >= 4 is 25.7 Å². The summed E-state index contributed by atoms with van der Waals surface area (Å²) < 4.78 is 32.7. The maximum absolute atomic E-state index is 12.6. The summed E-state index contributed by atoms with van der Waals surface area (Å²) in [6, 6.07) is -1.52. The lowest BCUT2D eigenvalue weighted by molar-refractivity contribution is -0.161. The zero-order chi connectivity index (χ0) is 41.4. The average Bonchev–Trinajstić information content (AvgIpc) is 3.17. The Morgan fingerprint density at radius 1 is 0.536 bits per heavy atom. The summed E-state index contributed by atoms with van der Waals surface area (Å²) in [5.74, 6) is -2.39. The third kappa shape index (κ3) is 38.8. The number of phosphoric acid groups is 1. The van der Waals surface area contributed by atoms with E-state index in [0.29, 0.717) is 12.8 Å². The van der Waals surface area contributed by atoms with Crippen molar-refractivity contribution in [2.75, 3.05) is 19.8 Å². The number of aliphatic carboxylic acids is 1. The lowest BCUT2D eigenvalue weighted by Gasteiger charge is -2.20. The van der Waals surface area contributed by atoms with E-state index in [-0.39, 0.29) is 19.4 Å². The van der Waals surface area contributed by atoms with Gasteiger partial charge in [0.05, 0.1) is 13.2 Å². The van der Waals surface area contributed by atoms with Crippen molar-refractivity contribution < 1.29 is 47.5 Å². The lowest BCUT2D eigenvalue weighted by atomic mass is 10.0. The first-order chi connectivity index (χ1) is 27.1. The SMILES string of the molecule is CCCC/C=C/CCCCCCCC(=O)O[C@@H](COC(=O)CCCCCCCCCCCCC/C=C/CCCCCCCC)COP(=O)(O)OC[C@H](N)C(=O)O. The Morgan fingerprint density at radius 3 is 1.36 bits per heavy atom. The molecule has 0 radical (unpaired) electrons. The fourth-order valence-corrected chi connectivity index (χ4v) is 6.88. The van der Waals surface area contributed by atoms with Gasteiger partial charge in [0.25, 0.3) is 0 Å². The molecule has 0 aliphatic heterocycles. The van der Waals surface area contributed by atoms with Crippen molar-refractivity contribution in [2.24, 2.45) is 5.73 Å². The summed E-state index contributed by atoms with van der Waals surface area (Å²) in [7, 11) is -4.71. The standard InChI is InChI=1S/C44H82NO10P/c1-3-5-7-9-11-13-15-16-17-18-19-20-21-22-23-24-26-27-29-31-33-35-42(46)52-37-40(38-53-56(50,51)54-39-41(45)44(48)49)55-43(47)36-34-32-30-28-25-14-12-10-8-6-4-2/h10,12,16-17,40-41H,3-9,11,13-15,18-39,45H2,1-2H3,(H,48,49)(H,50,51)/b12-10+,17-16+/t40-,41-/m0/s1. The summed E-state index contributed by atoms with van der Waals surface area (Å²) in [5, 5.41) is 8.88. The predicted molar refractivity (Wildman–Crippen MR) is 226 cm³/mol. The number of unbranched alkanes of at least 4 members (excludes halogenated alkanes) is 24. The molecule has 3 atom stereocenters. The van der Waals surface area contributed by atoms with Crippen LogP contribution in [-0.4, -0.2) is 59.9 Å². The van der Waals surface area contributed by atoms with E-state index in [1.807, 2.05) is 0 Å². The number of allylic oxidation sites excluding steroid dienone is 4. The second-order valence-electron chi connectivity index (χ2n) is 15.2. The number of carboxylic acid groups (broad SMARTS) is 1. The van der Waals surface area contributed by atoms with Crippen LogP contribution in [0.15, 0.2) is 24.3 Å². The van der Waals surface area contributed by atoms with Gasteiger partial charge in [-0.25, -0.2) is 4.57 Å². The molecule has 0 rings (SSSR count). The number of phosphoric ester groups is 1. The van der Waals surface area contributed by atoms with E-state index in [2.05, 4.69) is 42.7 Å². The van der Waals surface area contributed by atoms with Gasteiger partial charge in [0, 0.05) is 12.8 Å². The molecule has 0 heterocycles. The van der Waals surface area contributed by atoms with Gasteiger partial charge in [0.2, 0.25) is 0 Å². The van der Waals surface area contributed by atoms with Crippen molar-refractivity contribution in [1.82, 2.24) is 0 Å². The van der Waals surface area contributed by atoms with E-state index in [0.717, 1.165) is 57.8 Å². The highest BCUT2D eigenvalue weighted by atomic mass is 31.2. The molecule has 0 amide bonds. The van der Waals surface area contributed by atoms with Crippen LogP contribution in [0.5, 0.6) is 0 Å². The van der Waals surface area contributed by atoms with Gasteiger partial charge in [-0.1, -0.05) is 160 Å². The molecule has 0 aromatic rings. The molecule has 1 unspecified atom stereocenters. The van der Waals surface area contributed by atoms with Gasteiger partial charge >= 0.3 is 25.7 Å². The molecule has 0 aromatic heterocycles. The van der Waals surface area contributed by atoms with E-state index in [4.69, 9.17) is 24.8 Å². The van der Waals surface area contributed by atoms with Crippen LogP contribution in [0.2, 0.25) is 0 Å². The Balaban J connectivity index is 4.23. The van der Waals surface area contributed by atoms with Crippen LogP contribution in [-0.2, 0) is 37.5 Å². The highest BCUT2D eigenvalue weighted by Crippen LogP contribution is 2.43. The first-order valence-corrected chi connectivity index (χ1v) is 23.9. The van der Waals surface area contributed by atoms with Crippen LogP contribution >= 0.6 is 7.82 Å². The van der Waals surface area contributed by atoms with E-state index >= 15 is 0 Å². The molecule has 0 saturated heterocycles. The number of rotatable bonds is 42. The molecule has 4 N–H and O–H groups in total. The minimum Gasteiger partial charge on any atom is -0.480 e. The van der Waals surface area contributed by atoms with Crippen molar-refractivity contribution in [3.63, 3.8) is 0 Å². The van der Waals surface area contributed by atoms with Crippen LogP contribution in [0.3, 0.4) is 0 Å². The van der Waals surface area contributed by atoms with Gasteiger partial charge < -0.3 is 25.2 Å². The van der Waals surface area contributed by atoms with Gasteiger partial charge in [-0.3, -0.25) is 23.4 Å². The quantitative estimate of drug-likeness (QED) is 0.0232. The molecule has 0 aromatic carbocycles. The summed E-state index contributed by atoms with van der Waals surface area (Å²) in [6.45, 7) is 2.76. The normalized spacial score (nSPS) is 13.9. The molecule has 0 saturated carbocycles. The molecular weight excluding hydrogens is 733 g/mol. The number of carbonyl (C=O) groups excluding carboxylic acids is 2. The van der Waals surface area contributed by atoms with Crippen LogP contribution in [0.25, 0.3) is 0 Å². The zero-order valence-electron chi connectivity index (χ0n) is 35.5. The smallest absolute Gasteiger partial charge is 0.472 e. The third-order valence-corrected chi connectivity index (χ3v) is 10.6. The Morgan fingerprint density at radius 2 is 0.911 bits per heavy atom. The number of carboxylic acids is 1. The largest absolute Gasteiger partial charge is 0.480 e. The molecule has 0 spiro atoms. The van der Waals surface area contributed by atoms with Gasteiger partial charge in [-0.15, -0.1) is 0 Å². The monoisotopic (exact) mass is 816 g/mol. The van der Waals surface area contributed by atoms with E-state index in [1.54, 1.807) is 0 Å². The molecule has 328 valence electrons. The van der Waals surface area contributed by atoms with Crippen LogP contribution < -0.4 is 5.73 Å². The van der Waals surface area contributed by atoms with Gasteiger partial charge in [-0.05, 0) is 57.8 Å². The fourth-order valence-electron chi connectivity index (χ4n) is 6.10. The lowest BCUT2D eigenvalue weighted by Crippen LogP contribution is -2.34. The van der Waals surface area contributed by atoms with Gasteiger partial charge in [0.1, 0.15) is 12.6 Å². The number of carbonyl (C=O) groups is 3. The third-order valence-electron chi connectivity index (χ3n) is 9.67. The van der Waals surface area contributed by atoms with Crippen molar-refractivity contribution in [1.29, 1.82) is 0 Å². The van der Waals surface area contributed by atoms with Crippen molar-refractivity contribution in [2.45, 2.75) is 219 Å². The van der Waals surface area contributed by atoms with E-state index < -0.39 is 51.1 Å².